The van der Waals surface area contributed by atoms with Crippen LogP contribution in [0.2, 0.25) is 0 Å². The van der Waals surface area contributed by atoms with E-state index >= 15 is 0 Å². The maximum Gasteiger partial charge on any atom is 0.361 e. The number of carbonyl (C=O) groups is 3. The molecule has 9 heteroatoms. The van der Waals surface area contributed by atoms with E-state index in [0.29, 0.717) is 17.4 Å². The minimum Gasteiger partial charge on any atom is -0.477 e. The Balaban J connectivity index is 4.10. The molecule has 2 unspecified atom stereocenters. The topological polar surface area (TPSA) is 108 Å². The summed E-state index contributed by atoms with van der Waals surface area (Å²) in [5, 5.41) is 9.59. The number of likely N-dealkylation sites (N-methyl/N-ethyl adjacent to an activating group) is 1. The highest BCUT2D eigenvalue weighted by Crippen LogP contribution is 2.16. The molecule has 0 bridgehead atoms. The van der Waals surface area contributed by atoms with Crippen LogP contribution in [0.5, 0.6) is 0 Å². The number of quaternary nitrogens is 1. The van der Waals surface area contributed by atoms with Crippen molar-refractivity contribution in [2.75, 3.05) is 47.5 Å². The fraction of sp³-hybridized carbons (Fsp3) is 0.935. The maximum absolute atomic E-state index is 12.7. The molecule has 0 aromatic carbocycles. The van der Waals surface area contributed by atoms with E-state index in [1.165, 1.54) is 154 Å². The number of unbranched alkanes of at least 4 members (excludes halogenated alkanes) is 28. The molecule has 0 heterocycles. The van der Waals surface area contributed by atoms with Gasteiger partial charge in [-0.05, 0) is 12.8 Å². The zero-order valence-electron chi connectivity index (χ0n) is 36.9. The second kappa shape index (κ2) is 39.1. The summed E-state index contributed by atoms with van der Waals surface area (Å²) >= 11 is 0. The van der Waals surface area contributed by atoms with Crippen LogP contribution in [0.25, 0.3) is 0 Å². The number of aliphatic carboxylic acids is 1. The Morgan fingerprint density at radius 2 is 0.818 bits per heavy atom. The summed E-state index contributed by atoms with van der Waals surface area (Å²) in [7, 11) is 5.95. The highest BCUT2D eigenvalue weighted by Gasteiger charge is 2.25. The zero-order chi connectivity index (χ0) is 40.7. The average Bonchev–Trinajstić information content (AvgIpc) is 3.14. The monoisotopic (exact) mass is 785 g/mol. The van der Waals surface area contributed by atoms with Crippen LogP contribution in [0, 0.1) is 0 Å². The van der Waals surface area contributed by atoms with E-state index in [2.05, 4.69) is 13.8 Å². The van der Waals surface area contributed by atoms with Crippen molar-refractivity contribution in [1.29, 1.82) is 0 Å². The molecule has 0 saturated carbocycles. The van der Waals surface area contributed by atoms with Gasteiger partial charge in [-0.15, -0.1) is 0 Å². The number of carbonyl (C=O) groups excluding carboxylic acids is 2. The summed E-state index contributed by atoms with van der Waals surface area (Å²) < 4.78 is 22.6. The summed E-state index contributed by atoms with van der Waals surface area (Å²) in [6.45, 7) is 4.83. The lowest BCUT2D eigenvalue weighted by molar-refractivity contribution is -0.870. The number of carboxylic acid groups (broad SMARTS) is 1. The molecule has 326 valence electrons. The van der Waals surface area contributed by atoms with Gasteiger partial charge in [0.1, 0.15) is 13.2 Å². The fourth-order valence-corrected chi connectivity index (χ4v) is 6.72. The Bertz CT molecular complexity index is 876. The highest BCUT2D eigenvalue weighted by atomic mass is 16.7. The number of ether oxygens (including phenoxy) is 4. The molecule has 0 aliphatic rings. The Labute approximate surface area is 339 Å². The van der Waals surface area contributed by atoms with Gasteiger partial charge in [-0.1, -0.05) is 194 Å². The van der Waals surface area contributed by atoms with E-state index in [1.54, 1.807) is 0 Å². The van der Waals surface area contributed by atoms with Crippen molar-refractivity contribution in [3.8, 4) is 0 Å². The molecule has 0 rings (SSSR count). The number of esters is 2. The van der Waals surface area contributed by atoms with E-state index in [9.17, 15) is 19.5 Å². The van der Waals surface area contributed by atoms with E-state index in [-0.39, 0.29) is 32.2 Å². The van der Waals surface area contributed by atoms with Gasteiger partial charge in [-0.2, -0.15) is 0 Å². The fourth-order valence-electron chi connectivity index (χ4n) is 6.72. The molecule has 0 aliphatic heterocycles. The van der Waals surface area contributed by atoms with E-state index < -0.39 is 24.3 Å². The number of hydrogen-bond donors (Lipinski definition) is 1. The number of rotatable bonds is 43. The van der Waals surface area contributed by atoms with Crippen LogP contribution >= 0.6 is 0 Å². The van der Waals surface area contributed by atoms with Crippen molar-refractivity contribution >= 4 is 17.9 Å². The third-order valence-corrected chi connectivity index (χ3v) is 10.4. The van der Waals surface area contributed by atoms with E-state index in [4.69, 9.17) is 18.9 Å². The van der Waals surface area contributed by atoms with Crippen molar-refractivity contribution in [3.63, 3.8) is 0 Å². The molecule has 0 aliphatic carbocycles. The third-order valence-electron chi connectivity index (χ3n) is 10.4. The first-order valence-corrected chi connectivity index (χ1v) is 23.2. The molecule has 0 radical (unpaired) electrons. The molecule has 0 saturated heterocycles. The van der Waals surface area contributed by atoms with Crippen LogP contribution in [0.3, 0.4) is 0 Å². The second-order valence-electron chi connectivity index (χ2n) is 17.1. The van der Waals surface area contributed by atoms with Gasteiger partial charge in [0.05, 0.1) is 34.4 Å². The number of nitrogens with zero attached hydrogens (tertiary/aromatic N) is 1. The summed E-state index contributed by atoms with van der Waals surface area (Å²) in [6.07, 6.45) is 36.4. The molecule has 9 nitrogen and oxygen atoms in total. The van der Waals surface area contributed by atoms with Crippen molar-refractivity contribution in [3.05, 3.63) is 0 Å². The average molecular weight is 785 g/mol. The smallest absolute Gasteiger partial charge is 0.361 e. The van der Waals surface area contributed by atoms with E-state index in [0.717, 1.165) is 38.5 Å². The zero-order valence-corrected chi connectivity index (χ0v) is 36.9. The van der Waals surface area contributed by atoms with Crippen molar-refractivity contribution in [1.82, 2.24) is 0 Å². The molecular weight excluding hydrogens is 695 g/mol. The van der Waals surface area contributed by atoms with Gasteiger partial charge in [0.2, 0.25) is 0 Å². The normalized spacial score (nSPS) is 12.8. The Morgan fingerprint density at radius 3 is 1.16 bits per heavy atom. The lowest BCUT2D eigenvalue weighted by atomic mass is 10.0. The third kappa shape index (κ3) is 40.3. The van der Waals surface area contributed by atoms with Gasteiger partial charge in [-0.3, -0.25) is 9.59 Å². The van der Waals surface area contributed by atoms with Gasteiger partial charge in [-0.25, -0.2) is 4.79 Å². The molecule has 0 amide bonds. The van der Waals surface area contributed by atoms with Crippen molar-refractivity contribution < 1.29 is 42.9 Å². The maximum atomic E-state index is 12.7. The number of hydrogen-bond acceptors (Lipinski definition) is 7. The van der Waals surface area contributed by atoms with Crippen LogP contribution in [-0.4, -0.2) is 87.4 Å². The molecule has 0 fully saturated rings. The predicted octanol–water partition coefficient (Wildman–Crippen LogP) is 12.1. The molecule has 1 N–H and O–H groups in total. The predicted molar refractivity (Wildman–Crippen MR) is 226 cm³/mol. The quantitative estimate of drug-likeness (QED) is 0.0282. The largest absolute Gasteiger partial charge is 0.477 e. The first-order valence-electron chi connectivity index (χ1n) is 23.2. The van der Waals surface area contributed by atoms with Crippen LogP contribution in [0.1, 0.15) is 219 Å². The van der Waals surface area contributed by atoms with Gasteiger partial charge >= 0.3 is 17.9 Å². The lowest BCUT2D eigenvalue weighted by Crippen LogP contribution is -2.40. The molecule has 0 aromatic rings. The molecular formula is C46H90NO8+. The standard InChI is InChI=1S/C46H89NO8/c1-6-8-10-12-14-15-16-17-18-19-20-21-22-23-24-25-26-27-28-29-30-31-33-35-37-44(49)55-42(40-53-43(48)36-34-32-13-11-9-7-2)41-54-46(45(50)51)52-39-38-47(3,4)5/h42,46H,6-41H2,1-5H3/p+1. The van der Waals surface area contributed by atoms with Gasteiger partial charge in [0.25, 0.3) is 6.29 Å². The van der Waals surface area contributed by atoms with E-state index in [1.807, 2.05) is 21.1 Å². The summed E-state index contributed by atoms with van der Waals surface area (Å²) in [6, 6.07) is 0. The molecule has 0 spiro atoms. The van der Waals surface area contributed by atoms with Crippen molar-refractivity contribution in [2.24, 2.45) is 0 Å². The van der Waals surface area contributed by atoms with Crippen LogP contribution < -0.4 is 0 Å². The van der Waals surface area contributed by atoms with Gasteiger partial charge < -0.3 is 28.5 Å². The van der Waals surface area contributed by atoms with Crippen LogP contribution in [-0.2, 0) is 33.3 Å². The minimum absolute atomic E-state index is 0.176. The summed E-state index contributed by atoms with van der Waals surface area (Å²) in [4.78, 5) is 36.8. The number of carboxylic acids is 1. The highest BCUT2D eigenvalue weighted by molar-refractivity contribution is 5.71. The summed E-state index contributed by atoms with van der Waals surface area (Å²) in [5.74, 6) is -2.00. The Morgan fingerprint density at radius 1 is 0.473 bits per heavy atom. The second-order valence-corrected chi connectivity index (χ2v) is 17.1. The van der Waals surface area contributed by atoms with Gasteiger partial charge in [0.15, 0.2) is 6.10 Å². The molecule has 55 heavy (non-hydrogen) atoms. The first-order chi connectivity index (χ1) is 26.6. The summed E-state index contributed by atoms with van der Waals surface area (Å²) in [5.41, 5.74) is 0. The minimum atomic E-state index is -1.50. The van der Waals surface area contributed by atoms with Gasteiger partial charge in [0, 0.05) is 12.8 Å². The Kier molecular flexibility index (Phi) is 37.9. The SMILES string of the molecule is CCCCCCCCCCCCCCCCCCCCCCCCCCC(=O)OC(COC(=O)CCCCCCCC)COC(OCC[N+](C)(C)C)C(=O)O. The lowest BCUT2D eigenvalue weighted by Gasteiger charge is -2.25. The molecule has 2 atom stereocenters. The van der Waals surface area contributed by atoms with Crippen LogP contribution in [0.4, 0.5) is 0 Å². The van der Waals surface area contributed by atoms with Crippen LogP contribution in [0.15, 0.2) is 0 Å². The van der Waals surface area contributed by atoms with Crippen molar-refractivity contribution in [2.45, 2.75) is 232 Å². The molecule has 0 aromatic heterocycles. The first kappa shape index (κ1) is 53.3. The Hall–Kier alpha value is -1.71.